The summed E-state index contributed by atoms with van der Waals surface area (Å²) < 4.78 is 16.6. The van der Waals surface area contributed by atoms with Crippen LogP contribution in [0.25, 0.3) is 0 Å². The quantitative estimate of drug-likeness (QED) is 0.200. The Morgan fingerprint density at radius 2 is 1.36 bits per heavy atom. The molecule has 1 unspecified atom stereocenters. The van der Waals surface area contributed by atoms with Crippen molar-refractivity contribution in [3.05, 3.63) is 24.3 Å². The molecule has 33 heavy (non-hydrogen) atoms. The van der Waals surface area contributed by atoms with E-state index >= 15 is 0 Å². The number of ether oxygens (including phenoxy) is 1. The molecule has 188 valence electrons. The maximum atomic E-state index is 12.3. The van der Waals surface area contributed by atoms with Crippen molar-refractivity contribution in [3.63, 3.8) is 0 Å². The molecule has 2 N–H and O–H groups in total. The van der Waals surface area contributed by atoms with E-state index in [1.54, 1.807) is 18.4 Å². The third kappa shape index (κ3) is 17.3. The zero-order valence-electron chi connectivity index (χ0n) is 20.3. The van der Waals surface area contributed by atoms with Crippen LogP contribution in [0.4, 0.5) is 5.69 Å². The summed E-state index contributed by atoms with van der Waals surface area (Å²) in [7, 11) is -0.640. The second kappa shape index (κ2) is 19.6. The van der Waals surface area contributed by atoms with Crippen LogP contribution in [-0.4, -0.2) is 39.8 Å². The number of nitrogens with one attached hydrogen (secondary N) is 1. The number of carboxylic acids is 1. The van der Waals surface area contributed by atoms with Crippen LogP contribution < -0.4 is 10.1 Å². The smallest absolute Gasteiger partial charge is 0.303 e. The van der Waals surface area contributed by atoms with Gasteiger partial charge in [0.1, 0.15) is 5.75 Å². The van der Waals surface area contributed by atoms with E-state index in [2.05, 4.69) is 5.32 Å². The lowest BCUT2D eigenvalue weighted by Gasteiger charge is -2.12. The molecule has 0 saturated heterocycles. The molecule has 0 aliphatic carbocycles. The number of benzene rings is 1. The average molecular weight is 482 g/mol. The van der Waals surface area contributed by atoms with Crippen LogP contribution in [0.2, 0.25) is 0 Å². The summed E-state index contributed by atoms with van der Waals surface area (Å²) in [4.78, 5) is 22.8. The van der Waals surface area contributed by atoms with Crippen LogP contribution in [0, 0.1) is 0 Å². The Kier molecular flexibility index (Phi) is 17.3. The van der Waals surface area contributed by atoms with Gasteiger partial charge in [0.2, 0.25) is 5.91 Å². The van der Waals surface area contributed by atoms with Gasteiger partial charge in [-0.25, -0.2) is 0 Å². The van der Waals surface area contributed by atoms with Gasteiger partial charge < -0.3 is 15.2 Å². The molecule has 7 heteroatoms. The third-order valence-corrected chi connectivity index (χ3v) is 6.40. The number of carboxylic acid groups (broad SMARTS) is 1. The van der Waals surface area contributed by atoms with Crippen LogP contribution in [0.1, 0.15) is 96.3 Å². The number of rotatable bonds is 21. The van der Waals surface area contributed by atoms with E-state index in [1.165, 1.54) is 57.8 Å². The Labute approximate surface area is 202 Å². The highest BCUT2D eigenvalue weighted by molar-refractivity contribution is 7.84. The zero-order chi connectivity index (χ0) is 24.2. The summed E-state index contributed by atoms with van der Waals surface area (Å²) >= 11 is 0. The molecule has 0 aromatic heterocycles. The number of hydrogen-bond donors (Lipinski definition) is 2. The molecular weight excluding hydrogens is 438 g/mol. The molecule has 0 spiro atoms. The Morgan fingerprint density at radius 1 is 0.818 bits per heavy atom. The van der Waals surface area contributed by atoms with Gasteiger partial charge in [-0.15, -0.1) is 0 Å². The topological polar surface area (TPSA) is 92.7 Å². The molecule has 1 aromatic rings. The van der Waals surface area contributed by atoms with Crippen molar-refractivity contribution in [1.82, 2.24) is 0 Å². The number of unbranched alkanes of at least 4 members (excludes halogenated alkanes) is 11. The van der Waals surface area contributed by atoms with Gasteiger partial charge in [-0.05, 0) is 31.4 Å². The van der Waals surface area contributed by atoms with Gasteiger partial charge in [0.25, 0.3) is 0 Å². The van der Waals surface area contributed by atoms with Crippen LogP contribution in [0.15, 0.2) is 24.3 Å². The lowest BCUT2D eigenvalue weighted by Crippen LogP contribution is -2.12. The molecule has 0 heterocycles. The second-order valence-electron chi connectivity index (χ2n) is 8.66. The molecule has 1 atom stereocenters. The molecule has 1 aromatic carbocycles. The summed E-state index contributed by atoms with van der Waals surface area (Å²) in [6.45, 7) is 0.307. The molecule has 0 bridgehead atoms. The Bertz CT molecular complexity index is 695. The molecule has 0 aliphatic rings. The zero-order valence-corrected chi connectivity index (χ0v) is 21.1. The predicted molar refractivity (Wildman–Crippen MR) is 136 cm³/mol. The number of aliphatic carboxylic acids is 1. The minimum atomic E-state index is -0.838. The third-order valence-electron chi connectivity index (χ3n) is 5.54. The van der Waals surface area contributed by atoms with E-state index < -0.39 is 16.8 Å². The fraction of sp³-hybridized carbons (Fsp3) is 0.692. The maximum absolute atomic E-state index is 12.3. The van der Waals surface area contributed by atoms with Crippen molar-refractivity contribution < 1.29 is 23.6 Å². The summed E-state index contributed by atoms with van der Waals surface area (Å²) in [5, 5.41) is 11.6. The molecule has 1 amide bonds. The van der Waals surface area contributed by atoms with Gasteiger partial charge in [-0.1, -0.05) is 76.3 Å². The Morgan fingerprint density at radius 3 is 1.94 bits per heavy atom. The van der Waals surface area contributed by atoms with Crippen LogP contribution in [-0.2, 0) is 20.4 Å². The van der Waals surface area contributed by atoms with Gasteiger partial charge in [-0.3, -0.25) is 13.8 Å². The number of carbonyl (C=O) groups excluding carboxylic acids is 1. The summed E-state index contributed by atoms with van der Waals surface area (Å²) in [6.07, 6.45) is 17.2. The number of hydrogen-bond acceptors (Lipinski definition) is 4. The van der Waals surface area contributed by atoms with Gasteiger partial charge in [0.15, 0.2) is 0 Å². The van der Waals surface area contributed by atoms with E-state index in [-0.39, 0.29) is 12.3 Å². The second-order valence-corrected chi connectivity index (χ2v) is 10.2. The van der Waals surface area contributed by atoms with Gasteiger partial charge in [0, 0.05) is 35.6 Å². The summed E-state index contributed by atoms with van der Waals surface area (Å²) in [5.41, 5.74) is 0.637. The molecule has 0 fully saturated rings. The maximum Gasteiger partial charge on any atom is 0.303 e. The van der Waals surface area contributed by atoms with Gasteiger partial charge in [-0.2, -0.15) is 0 Å². The number of carbonyl (C=O) groups is 2. The van der Waals surface area contributed by atoms with Crippen LogP contribution in [0.5, 0.6) is 5.75 Å². The fourth-order valence-electron chi connectivity index (χ4n) is 3.67. The highest BCUT2D eigenvalue weighted by Gasteiger charge is 2.08. The number of amides is 1. The molecule has 0 radical (unpaired) electrons. The number of anilines is 1. The number of para-hydroxylation sites is 2. The highest BCUT2D eigenvalue weighted by Crippen LogP contribution is 2.24. The SMILES string of the molecule is CS(=O)CCCCCCCCCCCCCCC(=O)Nc1ccccc1OCCCC(=O)O. The van der Waals surface area contributed by atoms with Crippen molar-refractivity contribution in [3.8, 4) is 5.75 Å². The standard InChI is InChI=1S/C26H43NO5S/c1-33(31)22-15-11-9-7-5-3-2-4-6-8-10-12-19-25(28)27-23-17-13-14-18-24(23)32-21-16-20-26(29)30/h13-14,17-18H,2-12,15-16,19-22H2,1H3,(H,27,28)(H,29,30). The van der Waals surface area contributed by atoms with Crippen LogP contribution in [0.3, 0.4) is 0 Å². The highest BCUT2D eigenvalue weighted by atomic mass is 32.2. The van der Waals surface area contributed by atoms with E-state index in [0.29, 0.717) is 30.9 Å². The lowest BCUT2D eigenvalue weighted by atomic mass is 10.0. The molecule has 1 rings (SSSR count). The van der Waals surface area contributed by atoms with Crippen molar-refractivity contribution in [2.24, 2.45) is 0 Å². The van der Waals surface area contributed by atoms with Crippen molar-refractivity contribution in [2.45, 2.75) is 96.3 Å². The lowest BCUT2D eigenvalue weighted by molar-refractivity contribution is -0.137. The van der Waals surface area contributed by atoms with E-state index in [9.17, 15) is 13.8 Å². The first-order chi connectivity index (χ1) is 16.0. The first kappa shape index (κ1) is 29.1. The summed E-state index contributed by atoms with van der Waals surface area (Å²) in [5.74, 6) is 0.574. The normalized spacial score (nSPS) is 11.8. The molecule has 6 nitrogen and oxygen atoms in total. The first-order valence-corrected chi connectivity index (χ1v) is 14.2. The summed E-state index contributed by atoms with van der Waals surface area (Å²) in [6, 6.07) is 7.26. The van der Waals surface area contributed by atoms with E-state index in [1.807, 2.05) is 12.1 Å². The molecule has 0 saturated carbocycles. The Hall–Kier alpha value is -1.89. The molecular formula is C26H43NO5S. The average Bonchev–Trinajstić information content (AvgIpc) is 2.77. The van der Waals surface area contributed by atoms with Gasteiger partial charge >= 0.3 is 5.97 Å². The van der Waals surface area contributed by atoms with E-state index in [0.717, 1.165) is 25.0 Å². The van der Waals surface area contributed by atoms with Gasteiger partial charge in [0.05, 0.1) is 12.3 Å². The predicted octanol–water partition coefficient (Wildman–Crippen LogP) is 6.32. The monoisotopic (exact) mass is 481 g/mol. The van der Waals surface area contributed by atoms with E-state index in [4.69, 9.17) is 9.84 Å². The minimum absolute atomic E-state index is 0.0123. The first-order valence-electron chi connectivity index (χ1n) is 12.5. The minimum Gasteiger partial charge on any atom is -0.491 e. The van der Waals surface area contributed by atoms with Crippen molar-refractivity contribution in [1.29, 1.82) is 0 Å². The van der Waals surface area contributed by atoms with Crippen molar-refractivity contribution >= 4 is 28.4 Å². The molecule has 0 aliphatic heterocycles. The van der Waals surface area contributed by atoms with Crippen LogP contribution >= 0.6 is 0 Å². The van der Waals surface area contributed by atoms with Crippen molar-refractivity contribution in [2.75, 3.05) is 23.9 Å². The largest absolute Gasteiger partial charge is 0.491 e. The Balaban J connectivity index is 2.01. The fourth-order valence-corrected chi connectivity index (χ4v) is 4.28.